The summed E-state index contributed by atoms with van der Waals surface area (Å²) in [4.78, 5) is 16.8. The average molecular weight is 246 g/mol. The second-order valence-electron chi connectivity index (χ2n) is 4.18. The Morgan fingerprint density at radius 3 is 2.71 bits per heavy atom. The van der Waals surface area contributed by atoms with Gasteiger partial charge in [-0.3, -0.25) is 0 Å². The Hall–Kier alpha value is -1.49. The summed E-state index contributed by atoms with van der Waals surface area (Å²) >= 11 is 1.66. The number of aryl methyl sites for hydroxylation is 1. The van der Waals surface area contributed by atoms with Crippen molar-refractivity contribution in [3.05, 3.63) is 23.3 Å². The molecule has 1 aliphatic heterocycles. The summed E-state index contributed by atoms with van der Waals surface area (Å²) in [6.07, 6.45) is 2.47. The van der Waals surface area contributed by atoms with Gasteiger partial charge in [-0.1, -0.05) is 6.07 Å². The van der Waals surface area contributed by atoms with Gasteiger partial charge in [-0.05, 0) is 31.2 Å². The number of aromatic nitrogens is 3. The van der Waals surface area contributed by atoms with Crippen molar-refractivity contribution in [3.63, 3.8) is 0 Å². The van der Waals surface area contributed by atoms with Crippen LogP contribution in [0.2, 0.25) is 0 Å². The molecule has 3 rings (SSSR count). The van der Waals surface area contributed by atoms with Crippen molar-refractivity contribution in [2.45, 2.75) is 19.8 Å². The number of rotatable bonds is 2. The Balaban J connectivity index is 2.00. The molecular formula is C12H14N4S. The topological polar surface area (TPSA) is 41.9 Å². The van der Waals surface area contributed by atoms with E-state index >= 15 is 0 Å². The lowest BCUT2D eigenvalue weighted by molar-refractivity contribution is 0.864. The van der Waals surface area contributed by atoms with Crippen LogP contribution in [0.1, 0.15) is 18.7 Å². The molecule has 0 unspecified atom stereocenters. The zero-order valence-corrected chi connectivity index (χ0v) is 10.6. The zero-order valence-electron chi connectivity index (χ0n) is 9.76. The summed E-state index contributed by atoms with van der Waals surface area (Å²) in [6, 6.07) is 4.07. The predicted molar refractivity (Wildman–Crippen MR) is 69.3 cm³/mol. The Morgan fingerprint density at radius 1 is 1.18 bits per heavy atom. The van der Waals surface area contributed by atoms with Crippen LogP contribution in [0.15, 0.2) is 17.5 Å². The normalized spacial score (nSPS) is 15.5. The van der Waals surface area contributed by atoms with Gasteiger partial charge in [-0.15, -0.1) is 11.3 Å². The maximum Gasteiger partial charge on any atom is 0.229 e. The molecule has 5 heteroatoms. The molecule has 88 valence electrons. The van der Waals surface area contributed by atoms with Crippen molar-refractivity contribution >= 4 is 17.3 Å². The van der Waals surface area contributed by atoms with Crippen LogP contribution in [-0.4, -0.2) is 28.0 Å². The largest absolute Gasteiger partial charge is 0.341 e. The summed E-state index contributed by atoms with van der Waals surface area (Å²) in [5.41, 5.74) is 0. The molecule has 1 fully saturated rings. The standard InChI is InChI=1S/C12H14N4S/c1-9-13-11(10-5-4-8-17-10)15-12(14-9)16-6-2-3-7-16/h4-5,8H,2-3,6-7H2,1H3. The van der Waals surface area contributed by atoms with Gasteiger partial charge in [-0.25, -0.2) is 4.98 Å². The second-order valence-corrected chi connectivity index (χ2v) is 5.13. The van der Waals surface area contributed by atoms with E-state index in [2.05, 4.69) is 19.9 Å². The molecule has 0 aromatic carbocycles. The Morgan fingerprint density at radius 2 is 2.00 bits per heavy atom. The van der Waals surface area contributed by atoms with E-state index in [-0.39, 0.29) is 0 Å². The highest BCUT2D eigenvalue weighted by molar-refractivity contribution is 7.13. The lowest BCUT2D eigenvalue weighted by Crippen LogP contribution is -2.21. The smallest absolute Gasteiger partial charge is 0.229 e. The quantitative estimate of drug-likeness (QED) is 0.816. The van der Waals surface area contributed by atoms with E-state index in [4.69, 9.17) is 0 Å². The molecule has 3 heterocycles. The summed E-state index contributed by atoms with van der Waals surface area (Å²) in [5.74, 6) is 2.43. The molecule has 2 aromatic rings. The van der Waals surface area contributed by atoms with Gasteiger partial charge in [0.25, 0.3) is 0 Å². The van der Waals surface area contributed by atoms with Crippen molar-refractivity contribution in [1.82, 2.24) is 15.0 Å². The van der Waals surface area contributed by atoms with Gasteiger partial charge in [-0.2, -0.15) is 9.97 Å². The molecule has 0 amide bonds. The first-order valence-electron chi connectivity index (χ1n) is 5.84. The molecule has 17 heavy (non-hydrogen) atoms. The van der Waals surface area contributed by atoms with E-state index in [0.29, 0.717) is 0 Å². The first-order valence-corrected chi connectivity index (χ1v) is 6.72. The maximum atomic E-state index is 4.57. The first kappa shape index (κ1) is 10.7. The van der Waals surface area contributed by atoms with Crippen molar-refractivity contribution < 1.29 is 0 Å². The third-order valence-corrected chi connectivity index (χ3v) is 3.73. The van der Waals surface area contributed by atoms with Crippen LogP contribution in [0, 0.1) is 6.92 Å². The summed E-state index contributed by atoms with van der Waals surface area (Å²) in [5, 5.41) is 2.05. The third kappa shape index (κ3) is 2.15. The summed E-state index contributed by atoms with van der Waals surface area (Å²) in [7, 11) is 0. The van der Waals surface area contributed by atoms with E-state index < -0.39 is 0 Å². The maximum absolute atomic E-state index is 4.57. The van der Waals surface area contributed by atoms with Crippen LogP contribution >= 0.6 is 11.3 Å². The fraction of sp³-hybridized carbons (Fsp3) is 0.417. The van der Waals surface area contributed by atoms with Gasteiger partial charge in [0.1, 0.15) is 5.82 Å². The SMILES string of the molecule is Cc1nc(-c2cccs2)nc(N2CCCC2)n1. The molecule has 1 aliphatic rings. The van der Waals surface area contributed by atoms with Crippen molar-refractivity contribution in [2.24, 2.45) is 0 Å². The van der Waals surface area contributed by atoms with Crippen molar-refractivity contribution in [2.75, 3.05) is 18.0 Å². The molecule has 0 bridgehead atoms. The summed E-state index contributed by atoms with van der Waals surface area (Å²) in [6.45, 7) is 4.05. The highest BCUT2D eigenvalue weighted by Gasteiger charge is 2.17. The third-order valence-electron chi connectivity index (χ3n) is 2.87. The molecule has 2 aromatic heterocycles. The molecular weight excluding hydrogens is 232 g/mol. The molecule has 1 saturated heterocycles. The van der Waals surface area contributed by atoms with Crippen LogP contribution in [0.25, 0.3) is 10.7 Å². The minimum absolute atomic E-state index is 0.797. The monoisotopic (exact) mass is 246 g/mol. The molecule has 4 nitrogen and oxygen atoms in total. The van der Waals surface area contributed by atoms with Crippen molar-refractivity contribution in [1.29, 1.82) is 0 Å². The van der Waals surface area contributed by atoms with Crippen LogP contribution in [0.4, 0.5) is 5.95 Å². The molecule has 0 N–H and O–H groups in total. The number of thiophene rings is 1. The number of anilines is 1. The minimum Gasteiger partial charge on any atom is -0.341 e. The highest BCUT2D eigenvalue weighted by atomic mass is 32.1. The Labute approximate surface area is 104 Å². The number of hydrogen-bond acceptors (Lipinski definition) is 5. The van der Waals surface area contributed by atoms with E-state index in [0.717, 1.165) is 35.6 Å². The van der Waals surface area contributed by atoms with Crippen LogP contribution in [0.3, 0.4) is 0 Å². The van der Waals surface area contributed by atoms with E-state index in [1.165, 1.54) is 12.8 Å². The average Bonchev–Trinajstić information content (AvgIpc) is 3.02. The van der Waals surface area contributed by atoms with Crippen LogP contribution in [-0.2, 0) is 0 Å². The second kappa shape index (κ2) is 4.41. The highest BCUT2D eigenvalue weighted by Crippen LogP contribution is 2.23. The van der Waals surface area contributed by atoms with Gasteiger partial charge in [0.2, 0.25) is 5.95 Å². The molecule has 0 spiro atoms. The number of hydrogen-bond donors (Lipinski definition) is 0. The lowest BCUT2D eigenvalue weighted by atomic mass is 10.4. The van der Waals surface area contributed by atoms with E-state index in [9.17, 15) is 0 Å². The predicted octanol–water partition coefficient (Wildman–Crippen LogP) is 2.51. The lowest BCUT2D eigenvalue weighted by Gasteiger charge is -2.15. The fourth-order valence-electron chi connectivity index (χ4n) is 2.04. The Kier molecular flexibility index (Phi) is 2.76. The first-order chi connectivity index (χ1) is 8.33. The molecule has 0 radical (unpaired) electrons. The fourth-order valence-corrected chi connectivity index (χ4v) is 2.70. The number of nitrogens with zero attached hydrogens (tertiary/aromatic N) is 4. The van der Waals surface area contributed by atoms with E-state index in [1.807, 2.05) is 24.4 Å². The van der Waals surface area contributed by atoms with Crippen molar-refractivity contribution in [3.8, 4) is 10.7 Å². The van der Waals surface area contributed by atoms with Gasteiger partial charge in [0.05, 0.1) is 4.88 Å². The summed E-state index contributed by atoms with van der Waals surface area (Å²) < 4.78 is 0. The molecule has 0 atom stereocenters. The van der Waals surface area contributed by atoms with Gasteiger partial charge < -0.3 is 4.90 Å². The molecule has 0 aliphatic carbocycles. The minimum atomic E-state index is 0.797. The molecule has 0 saturated carbocycles. The van der Waals surface area contributed by atoms with E-state index in [1.54, 1.807) is 11.3 Å². The zero-order chi connectivity index (χ0) is 11.7. The van der Waals surface area contributed by atoms with Gasteiger partial charge >= 0.3 is 0 Å². The van der Waals surface area contributed by atoms with Gasteiger partial charge in [0.15, 0.2) is 5.82 Å². The van der Waals surface area contributed by atoms with Gasteiger partial charge in [0, 0.05) is 13.1 Å². The Bertz CT molecular complexity index is 503. The van der Waals surface area contributed by atoms with Crippen LogP contribution in [0.5, 0.6) is 0 Å². The van der Waals surface area contributed by atoms with Crippen LogP contribution < -0.4 is 4.90 Å².